The average Bonchev–Trinajstić information content (AvgIpc) is 3.17. The van der Waals surface area contributed by atoms with E-state index in [0.29, 0.717) is 6.42 Å². The highest BCUT2D eigenvalue weighted by molar-refractivity contribution is 7.46. The number of ether oxygens (including phenoxy) is 2. The van der Waals surface area contributed by atoms with Gasteiger partial charge in [0.25, 0.3) is 0 Å². The number of esters is 2. The van der Waals surface area contributed by atoms with Crippen LogP contribution in [-0.2, 0) is 28.2 Å². The van der Waals surface area contributed by atoms with Gasteiger partial charge >= 0.3 is 19.8 Å². The zero-order chi connectivity index (χ0) is 42.2. The second-order valence-corrected chi connectivity index (χ2v) is 15.8. The number of carbonyl (C=O) groups excluding carboxylic acids is 2. The maximum Gasteiger partial charge on any atom is 0.469 e. The summed E-state index contributed by atoms with van der Waals surface area (Å²) in [7, 11) is -4.86. The van der Waals surface area contributed by atoms with Crippen LogP contribution < -0.4 is 0 Å². The molecule has 0 aromatic heterocycles. The Morgan fingerprint density at radius 2 is 1.11 bits per heavy atom. The molecule has 0 aliphatic carbocycles. The first-order valence-corrected chi connectivity index (χ1v) is 23.1. The molecule has 0 fully saturated rings. The molecular weight excluding hydrogens is 747 g/mol. The summed E-state index contributed by atoms with van der Waals surface area (Å²) in [5.41, 5.74) is 0. The molecular formula is C45H77O11P. The maximum atomic E-state index is 12.4. The summed E-state index contributed by atoms with van der Waals surface area (Å²) in [5.74, 6) is -1.22. The lowest BCUT2D eigenvalue weighted by molar-refractivity contribution is -0.161. The molecule has 0 spiro atoms. The van der Waals surface area contributed by atoms with Crippen molar-refractivity contribution < 1.29 is 53.3 Å². The quantitative estimate of drug-likeness (QED) is 0.0131. The van der Waals surface area contributed by atoms with Gasteiger partial charge in [-0.05, 0) is 57.8 Å². The van der Waals surface area contributed by atoms with Crippen molar-refractivity contribution in [3.8, 4) is 0 Å². The molecule has 328 valence electrons. The summed E-state index contributed by atoms with van der Waals surface area (Å²) in [4.78, 5) is 42.9. The minimum atomic E-state index is -4.86. The molecule has 0 aromatic carbocycles. The minimum Gasteiger partial charge on any atom is -0.462 e. The number of hydrogen-bond donors (Lipinski definition) is 5. The van der Waals surface area contributed by atoms with Gasteiger partial charge in [-0.15, -0.1) is 0 Å². The molecule has 0 aliphatic rings. The summed E-state index contributed by atoms with van der Waals surface area (Å²) < 4.78 is 26.2. The lowest BCUT2D eigenvalue weighted by Gasteiger charge is -2.19. The third kappa shape index (κ3) is 40.0. The van der Waals surface area contributed by atoms with Gasteiger partial charge in [-0.1, -0.05) is 164 Å². The monoisotopic (exact) mass is 825 g/mol. The molecule has 0 amide bonds. The summed E-state index contributed by atoms with van der Waals surface area (Å²) in [6.07, 6.45) is 39.8. The topological polar surface area (TPSA) is 180 Å². The molecule has 0 radical (unpaired) electrons. The third-order valence-electron chi connectivity index (χ3n) is 9.06. The van der Waals surface area contributed by atoms with E-state index in [0.717, 1.165) is 57.8 Å². The SMILES string of the molecule is CCCCC/C=C\C/C=C\CCCCCCCCCCCC(=O)OC[C@H](COP(=O)(O)O)OC(=O)CCC[C@H](O)[C@@H](O)/C=C/C=C/C=C\C=C\[C@@H](O)CCCCC. The van der Waals surface area contributed by atoms with E-state index < -0.39 is 57.4 Å². The van der Waals surface area contributed by atoms with Crippen LogP contribution >= 0.6 is 7.82 Å². The number of phosphoric ester groups is 1. The molecule has 0 aromatic rings. The van der Waals surface area contributed by atoms with Crippen molar-refractivity contribution in [2.24, 2.45) is 0 Å². The van der Waals surface area contributed by atoms with Crippen LogP contribution in [0, 0.1) is 0 Å². The van der Waals surface area contributed by atoms with Gasteiger partial charge in [0.05, 0.1) is 24.9 Å². The van der Waals surface area contributed by atoms with Crippen LogP contribution in [0.15, 0.2) is 72.9 Å². The Morgan fingerprint density at radius 1 is 0.579 bits per heavy atom. The number of allylic oxidation sites excluding steroid dienone is 10. The zero-order valence-corrected chi connectivity index (χ0v) is 35.9. The van der Waals surface area contributed by atoms with Gasteiger partial charge < -0.3 is 34.6 Å². The lowest BCUT2D eigenvalue weighted by Crippen LogP contribution is -2.29. The van der Waals surface area contributed by atoms with E-state index in [9.17, 15) is 29.5 Å². The average molecular weight is 825 g/mol. The number of hydrogen-bond acceptors (Lipinski definition) is 9. The van der Waals surface area contributed by atoms with Crippen molar-refractivity contribution in [1.29, 1.82) is 0 Å². The van der Waals surface area contributed by atoms with E-state index in [1.165, 1.54) is 63.9 Å². The largest absolute Gasteiger partial charge is 0.469 e. The van der Waals surface area contributed by atoms with E-state index >= 15 is 0 Å². The molecule has 0 heterocycles. The molecule has 12 heteroatoms. The second-order valence-electron chi connectivity index (χ2n) is 14.5. The Kier molecular flexibility index (Phi) is 37.1. The predicted molar refractivity (Wildman–Crippen MR) is 229 cm³/mol. The zero-order valence-electron chi connectivity index (χ0n) is 35.0. The summed E-state index contributed by atoms with van der Waals surface area (Å²) >= 11 is 0. The van der Waals surface area contributed by atoms with E-state index in [4.69, 9.17) is 19.3 Å². The molecule has 57 heavy (non-hydrogen) atoms. The molecule has 11 nitrogen and oxygen atoms in total. The lowest BCUT2D eigenvalue weighted by atomic mass is 10.1. The van der Waals surface area contributed by atoms with Crippen LogP contribution in [0.2, 0.25) is 0 Å². The van der Waals surface area contributed by atoms with Crippen LogP contribution in [0.3, 0.4) is 0 Å². The number of carbonyl (C=O) groups is 2. The van der Waals surface area contributed by atoms with Gasteiger partial charge in [0.1, 0.15) is 6.61 Å². The summed E-state index contributed by atoms with van der Waals surface area (Å²) in [6.45, 7) is 3.26. The van der Waals surface area contributed by atoms with E-state index in [-0.39, 0.29) is 25.7 Å². The predicted octanol–water partition coefficient (Wildman–Crippen LogP) is 9.98. The summed E-state index contributed by atoms with van der Waals surface area (Å²) in [6, 6.07) is 0. The first-order chi connectivity index (χ1) is 27.5. The number of aliphatic hydroxyl groups is 3. The molecule has 0 saturated heterocycles. The third-order valence-corrected chi connectivity index (χ3v) is 9.55. The van der Waals surface area contributed by atoms with Gasteiger partial charge in [-0.3, -0.25) is 14.1 Å². The Bertz CT molecular complexity index is 1200. The van der Waals surface area contributed by atoms with E-state index in [1.54, 1.807) is 42.5 Å². The van der Waals surface area contributed by atoms with E-state index in [2.05, 4.69) is 42.7 Å². The fourth-order valence-electron chi connectivity index (χ4n) is 5.67. The Morgan fingerprint density at radius 3 is 1.72 bits per heavy atom. The standard InChI is InChI=1S/C45H77O11P/c1-3-5-7-8-9-10-11-12-13-14-15-16-17-18-19-20-21-26-30-36-44(49)54-38-41(39-55-57(51,52)53)56-45(50)37-31-35-43(48)42(47)34-29-25-23-22-24-28-33-40(46)32-27-6-4-2/h9-10,12-13,22-25,28-29,33-34,40-43,46-48H,3-8,11,14-21,26-27,30-32,35-39H2,1-2H3,(H2,51,52,53)/b10-9-,13-12-,24-22-,25-23+,33-28+,34-29+/t40-,41+,42-,43-/m0/s1. The van der Waals surface area contributed by atoms with Gasteiger partial charge in [-0.25, -0.2) is 4.57 Å². The molecule has 4 atom stereocenters. The number of rotatable bonds is 38. The minimum absolute atomic E-state index is 0.0871. The molecule has 0 bridgehead atoms. The fourth-order valence-corrected chi connectivity index (χ4v) is 6.03. The molecule has 0 rings (SSSR count). The number of aliphatic hydroxyl groups excluding tert-OH is 3. The highest BCUT2D eigenvalue weighted by Crippen LogP contribution is 2.36. The molecule has 5 N–H and O–H groups in total. The van der Waals surface area contributed by atoms with Crippen molar-refractivity contribution >= 4 is 19.8 Å². The van der Waals surface area contributed by atoms with Crippen LogP contribution in [0.5, 0.6) is 0 Å². The Balaban J connectivity index is 4.24. The van der Waals surface area contributed by atoms with Gasteiger partial charge in [0.2, 0.25) is 0 Å². The Labute approximate surface area is 344 Å². The highest BCUT2D eigenvalue weighted by atomic mass is 31.2. The smallest absolute Gasteiger partial charge is 0.462 e. The molecule has 0 saturated carbocycles. The maximum absolute atomic E-state index is 12.4. The molecule has 0 unspecified atom stereocenters. The molecule has 0 aliphatic heterocycles. The van der Waals surface area contributed by atoms with Gasteiger partial charge in [0.15, 0.2) is 6.10 Å². The van der Waals surface area contributed by atoms with Crippen LogP contribution in [0.1, 0.15) is 162 Å². The van der Waals surface area contributed by atoms with Crippen molar-refractivity contribution in [2.75, 3.05) is 13.2 Å². The normalized spacial score (nSPS) is 14.9. The van der Waals surface area contributed by atoms with Gasteiger partial charge in [-0.2, -0.15) is 0 Å². The second kappa shape index (κ2) is 38.9. The first kappa shape index (κ1) is 54.4. The number of phosphoric acid groups is 1. The van der Waals surface area contributed by atoms with Crippen LogP contribution in [0.4, 0.5) is 0 Å². The van der Waals surface area contributed by atoms with Gasteiger partial charge in [0, 0.05) is 12.8 Å². The Hall–Kier alpha value is -2.63. The van der Waals surface area contributed by atoms with Crippen molar-refractivity contribution in [3.63, 3.8) is 0 Å². The van der Waals surface area contributed by atoms with Crippen molar-refractivity contribution in [2.45, 2.75) is 186 Å². The van der Waals surface area contributed by atoms with Crippen molar-refractivity contribution in [1.82, 2.24) is 0 Å². The van der Waals surface area contributed by atoms with E-state index in [1.807, 2.05) is 0 Å². The van der Waals surface area contributed by atoms with Crippen LogP contribution in [0.25, 0.3) is 0 Å². The highest BCUT2D eigenvalue weighted by Gasteiger charge is 2.23. The van der Waals surface area contributed by atoms with Crippen molar-refractivity contribution in [3.05, 3.63) is 72.9 Å². The number of unbranched alkanes of at least 4 members (excludes halogenated alkanes) is 14. The fraction of sp³-hybridized carbons (Fsp3) is 0.689. The summed E-state index contributed by atoms with van der Waals surface area (Å²) in [5, 5.41) is 30.3. The van der Waals surface area contributed by atoms with Crippen LogP contribution in [-0.4, -0.2) is 74.7 Å². The first-order valence-electron chi connectivity index (χ1n) is 21.6.